The van der Waals surface area contributed by atoms with Crippen LogP contribution in [0.4, 0.5) is 5.69 Å². The predicted octanol–water partition coefficient (Wildman–Crippen LogP) is 3.25. The first-order valence-corrected chi connectivity index (χ1v) is 8.27. The normalized spacial score (nSPS) is 10.9. The van der Waals surface area contributed by atoms with Gasteiger partial charge in [0.15, 0.2) is 17.5 Å². The van der Waals surface area contributed by atoms with Crippen LogP contribution in [-0.2, 0) is 13.6 Å². The molecular formula is C18H28IN5O2. The Bertz CT molecular complexity index is 758. The number of ether oxygens (including phenoxy) is 2. The molecule has 0 atom stereocenters. The molecule has 144 valence electrons. The molecule has 0 spiro atoms. The van der Waals surface area contributed by atoms with Crippen LogP contribution in [0.5, 0.6) is 11.5 Å². The largest absolute Gasteiger partial charge is 0.493 e. The maximum Gasteiger partial charge on any atom is 0.195 e. The molecule has 0 saturated heterocycles. The monoisotopic (exact) mass is 473 g/mol. The highest BCUT2D eigenvalue weighted by atomic mass is 127. The Balaban J connectivity index is 0.00000338. The molecule has 26 heavy (non-hydrogen) atoms. The van der Waals surface area contributed by atoms with E-state index in [4.69, 9.17) is 9.47 Å². The Kier molecular flexibility index (Phi) is 8.70. The SMILES string of the molecule is CCOc1ccc(NC(=NC)NCc2c(C)nn(C)c2C)cc1OC.I. The minimum Gasteiger partial charge on any atom is -0.493 e. The van der Waals surface area contributed by atoms with Gasteiger partial charge in [-0.25, -0.2) is 0 Å². The van der Waals surface area contributed by atoms with Crippen molar-refractivity contribution in [1.29, 1.82) is 0 Å². The van der Waals surface area contributed by atoms with Gasteiger partial charge in [0.1, 0.15) is 0 Å². The van der Waals surface area contributed by atoms with Gasteiger partial charge in [-0.15, -0.1) is 24.0 Å². The number of nitrogens with zero attached hydrogens (tertiary/aromatic N) is 3. The van der Waals surface area contributed by atoms with Gasteiger partial charge in [0.25, 0.3) is 0 Å². The summed E-state index contributed by atoms with van der Waals surface area (Å²) in [6.07, 6.45) is 0. The summed E-state index contributed by atoms with van der Waals surface area (Å²) in [5.74, 6) is 2.08. The van der Waals surface area contributed by atoms with Crippen LogP contribution in [0.3, 0.4) is 0 Å². The highest BCUT2D eigenvalue weighted by molar-refractivity contribution is 14.0. The molecule has 0 unspecified atom stereocenters. The maximum atomic E-state index is 5.54. The number of methoxy groups -OCH3 is 1. The van der Waals surface area contributed by atoms with Gasteiger partial charge >= 0.3 is 0 Å². The minimum absolute atomic E-state index is 0. The van der Waals surface area contributed by atoms with Gasteiger partial charge in [0.2, 0.25) is 0 Å². The van der Waals surface area contributed by atoms with Crippen LogP contribution in [0.2, 0.25) is 0 Å². The van der Waals surface area contributed by atoms with Gasteiger partial charge < -0.3 is 20.1 Å². The lowest BCUT2D eigenvalue weighted by Crippen LogP contribution is -2.30. The van der Waals surface area contributed by atoms with E-state index in [1.165, 1.54) is 5.56 Å². The van der Waals surface area contributed by atoms with Crippen molar-refractivity contribution in [2.24, 2.45) is 12.0 Å². The molecule has 0 fully saturated rings. The molecule has 0 aliphatic heterocycles. The van der Waals surface area contributed by atoms with E-state index >= 15 is 0 Å². The quantitative estimate of drug-likeness (QED) is 0.383. The van der Waals surface area contributed by atoms with E-state index in [9.17, 15) is 0 Å². The van der Waals surface area contributed by atoms with Gasteiger partial charge in [-0.1, -0.05) is 0 Å². The van der Waals surface area contributed by atoms with Gasteiger partial charge in [0, 0.05) is 43.7 Å². The van der Waals surface area contributed by atoms with Crippen LogP contribution in [0.25, 0.3) is 0 Å². The molecule has 7 nitrogen and oxygen atoms in total. The Labute approximate surface area is 172 Å². The van der Waals surface area contributed by atoms with E-state index in [0.29, 0.717) is 24.9 Å². The smallest absolute Gasteiger partial charge is 0.195 e. The highest BCUT2D eigenvalue weighted by Crippen LogP contribution is 2.30. The van der Waals surface area contributed by atoms with E-state index in [2.05, 4.69) is 27.6 Å². The first-order valence-electron chi connectivity index (χ1n) is 8.27. The summed E-state index contributed by atoms with van der Waals surface area (Å²) in [5.41, 5.74) is 4.21. The summed E-state index contributed by atoms with van der Waals surface area (Å²) < 4.78 is 12.8. The lowest BCUT2D eigenvalue weighted by atomic mass is 10.2. The molecule has 0 radical (unpaired) electrons. The van der Waals surface area contributed by atoms with Gasteiger partial charge in [-0.2, -0.15) is 5.10 Å². The van der Waals surface area contributed by atoms with Crippen molar-refractivity contribution < 1.29 is 9.47 Å². The topological polar surface area (TPSA) is 72.7 Å². The molecule has 0 saturated carbocycles. The van der Waals surface area contributed by atoms with Crippen LogP contribution in [-0.4, -0.2) is 36.5 Å². The standard InChI is InChI=1S/C18H27N5O2.HI/c1-7-25-16-9-8-14(10-17(16)24-6)21-18(19-4)20-11-15-12(2)22-23(5)13(15)3;/h8-10H,7,11H2,1-6H3,(H2,19,20,21);1H. The summed E-state index contributed by atoms with van der Waals surface area (Å²) in [5, 5.41) is 11.0. The van der Waals surface area contributed by atoms with Crippen LogP contribution in [0, 0.1) is 13.8 Å². The molecule has 2 rings (SSSR count). The van der Waals surface area contributed by atoms with E-state index < -0.39 is 0 Å². The number of benzene rings is 1. The predicted molar refractivity (Wildman–Crippen MR) is 116 cm³/mol. The Morgan fingerprint density at radius 1 is 1.27 bits per heavy atom. The number of guanidine groups is 1. The summed E-state index contributed by atoms with van der Waals surface area (Å²) in [6, 6.07) is 5.70. The maximum absolute atomic E-state index is 5.54. The number of aryl methyl sites for hydroxylation is 2. The second kappa shape index (κ2) is 10.2. The Hall–Kier alpha value is -1.97. The van der Waals surface area contributed by atoms with Crippen molar-refractivity contribution in [2.75, 3.05) is 26.1 Å². The van der Waals surface area contributed by atoms with E-state index in [-0.39, 0.29) is 24.0 Å². The fraction of sp³-hybridized carbons (Fsp3) is 0.444. The van der Waals surface area contributed by atoms with Gasteiger partial charge in [0.05, 0.1) is 19.4 Å². The average molecular weight is 473 g/mol. The van der Waals surface area contributed by atoms with Crippen molar-refractivity contribution in [3.05, 3.63) is 35.2 Å². The molecule has 1 heterocycles. The summed E-state index contributed by atoms with van der Waals surface area (Å²) in [7, 11) is 5.32. The lowest BCUT2D eigenvalue weighted by molar-refractivity contribution is 0.311. The van der Waals surface area contributed by atoms with Crippen molar-refractivity contribution in [3.8, 4) is 11.5 Å². The van der Waals surface area contributed by atoms with Crippen LogP contribution in [0.15, 0.2) is 23.2 Å². The first kappa shape index (κ1) is 22.1. The number of halogens is 1. The van der Waals surface area contributed by atoms with Crippen molar-refractivity contribution in [3.63, 3.8) is 0 Å². The second-order valence-electron chi connectivity index (χ2n) is 5.62. The number of aromatic nitrogens is 2. The molecule has 0 aliphatic rings. The number of nitrogens with one attached hydrogen (secondary N) is 2. The third-order valence-electron chi connectivity index (χ3n) is 4.04. The fourth-order valence-electron chi connectivity index (χ4n) is 2.58. The number of anilines is 1. The van der Waals surface area contributed by atoms with Crippen molar-refractivity contribution in [1.82, 2.24) is 15.1 Å². The fourth-order valence-corrected chi connectivity index (χ4v) is 2.58. The molecule has 0 amide bonds. The molecular weight excluding hydrogens is 445 g/mol. The zero-order valence-electron chi connectivity index (χ0n) is 16.2. The molecule has 1 aromatic heterocycles. The van der Waals surface area contributed by atoms with Crippen LogP contribution < -0.4 is 20.1 Å². The molecule has 1 aromatic carbocycles. The zero-order valence-corrected chi connectivity index (χ0v) is 18.5. The van der Waals surface area contributed by atoms with Gasteiger partial charge in [-0.3, -0.25) is 9.67 Å². The van der Waals surface area contributed by atoms with Crippen LogP contribution >= 0.6 is 24.0 Å². The van der Waals surface area contributed by atoms with E-state index in [0.717, 1.165) is 22.8 Å². The molecule has 2 aromatic rings. The average Bonchev–Trinajstić information content (AvgIpc) is 2.85. The Morgan fingerprint density at radius 3 is 2.54 bits per heavy atom. The summed E-state index contributed by atoms with van der Waals surface area (Å²) in [4.78, 5) is 4.27. The highest BCUT2D eigenvalue weighted by Gasteiger charge is 2.11. The second-order valence-corrected chi connectivity index (χ2v) is 5.62. The first-order chi connectivity index (χ1) is 12.0. The summed E-state index contributed by atoms with van der Waals surface area (Å²) in [6.45, 7) is 7.26. The molecule has 0 aliphatic carbocycles. The number of rotatable bonds is 6. The Morgan fingerprint density at radius 2 is 2.00 bits per heavy atom. The van der Waals surface area contributed by atoms with Gasteiger partial charge in [-0.05, 0) is 32.9 Å². The number of hydrogen-bond acceptors (Lipinski definition) is 4. The third-order valence-corrected chi connectivity index (χ3v) is 4.04. The van der Waals surface area contributed by atoms with Crippen molar-refractivity contribution >= 4 is 35.6 Å². The molecule has 8 heteroatoms. The molecule has 0 bridgehead atoms. The third kappa shape index (κ3) is 5.26. The minimum atomic E-state index is 0. The number of aliphatic imine (C=N–C) groups is 1. The van der Waals surface area contributed by atoms with E-state index in [1.807, 2.05) is 43.8 Å². The molecule has 2 N–H and O–H groups in total. The van der Waals surface area contributed by atoms with Crippen LogP contribution in [0.1, 0.15) is 23.9 Å². The lowest BCUT2D eigenvalue weighted by Gasteiger charge is -2.14. The zero-order chi connectivity index (χ0) is 18.4. The van der Waals surface area contributed by atoms with Crippen molar-refractivity contribution in [2.45, 2.75) is 27.3 Å². The summed E-state index contributed by atoms with van der Waals surface area (Å²) >= 11 is 0. The van der Waals surface area contributed by atoms with E-state index in [1.54, 1.807) is 14.2 Å². The number of hydrogen-bond donors (Lipinski definition) is 2.